The zero-order valence-corrected chi connectivity index (χ0v) is 19.6. The topological polar surface area (TPSA) is 13.0 Å². The van der Waals surface area contributed by atoms with Crippen LogP contribution in [0.3, 0.4) is 0 Å². The molecule has 2 rings (SSSR count). The van der Waals surface area contributed by atoms with Gasteiger partial charge < -0.3 is 9.80 Å². The van der Waals surface area contributed by atoms with Crippen molar-refractivity contribution < 1.29 is 0 Å². The van der Waals surface area contributed by atoms with E-state index in [2.05, 4.69) is 33.4 Å². The molecule has 2 aliphatic rings. The minimum atomic E-state index is 0.995. The summed E-state index contributed by atoms with van der Waals surface area (Å²) in [5.74, 6) is 0. The lowest BCUT2D eigenvalue weighted by Crippen LogP contribution is -2.48. The summed E-state index contributed by atoms with van der Waals surface area (Å²) >= 11 is 11.3. The fourth-order valence-electron chi connectivity index (χ4n) is 3.25. The molecule has 0 atom stereocenters. The Labute approximate surface area is 178 Å². The second-order valence-corrected chi connectivity index (χ2v) is 10.5. The minimum Gasteiger partial charge on any atom is -0.354 e. The maximum Gasteiger partial charge on any atom is 0.147 e. The summed E-state index contributed by atoms with van der Waals surface area (Å²) in [6, 6.07) is 0. The zero-order valence-electron chi connectivity index (χ0n) is 16.3. The maximum atomic E-state index is 5.65. The lowest BCUT2D eigenvalue weighted by atomic mass is 10.3. The smallest absolute Gasteiger partial charge is 0.147 e. The van der Waals surface area contributed by atoms with Gasteiger partial charge in [0.05, 0.1) is 0 Å². The molecule has 150 valence electrons. The fourth-order valence-corrected chi connectivity index (χ4v) is 6.00. The Hall–Kier alpha value is 0.400. The third-order valence-corrected chi connectivity index (χ3v) is 8.83. The molecule has 0 saturated carbocycles. The van der Waals surface area contributed by atoms with Gasteiger partial charge in [-0.05, 0) is 47.5 Å². The third-order valence-electron chi connectivity index (χ3n) is 5.10. The first-order valence-corrected chi connectivity index (χ1v) is 13.0. The predicted molar refractivity (Wildman–Crippen MR) is 126 cm³/mol. The molecule has 2 heterocycles. The second-order valence-electron chi connectivity index (χ2n) is 7.06. The van der Waals surface area contributed by atoms with Gasteiger partial charge in [-0.25, -0.2) is 0 Å². The highest BCUT2D eigenvalue weighted by molar-refractivity contribution is 8.89. The molecule has 2 saturated heterocycles. The molecule has 0 N–H and O–H groups in total. The molecule has 2 aliphatic heterocycles. The number of rotatable bonds is 6. The average Bonchev–Trinajstić information content (AvgIpc) is 2.69. The Balaban J connectivity index is 1.61. The first-order chi connectivity index (χ1) is 12.6. The summed E-state index contributed by atoms with van der Waals surface area (Å²) in [6.45, 7) is 15.7. The van der Waals surface area contributed by atoms with Gasteiger partial charge in [-0.2, -0.15) is 0 Å². The van der Waals surface area contributed by atoms with Crippen LogP contribution in [0.1, 0.15) is 39.5 Å². The van der Waals surface area contributed by atoms with Gasteiger partial charge in [0.2, 0.25) is 0 Å². The number of piperazine rings is 2. The Morgan fingerprint density at radius 2 is 1.00 bits per heavy atom. The highest BCUT2D eigenvalue weighted by Gasteiger charge is 2.22. The summed E-state index contributed by atoms with van der Waals surface area (Å²) in [6.07, 6.45) is 5.15. The van der Waals surface area contributed by atoms with Crippen LogP contribution in [0, 0.1) is 0 Å². The number of unbranched alkanes of at least 4 members (excludes halogenated alkanes) is 2. The van der Waals surface area contributed by atoms with Crippen LogP contribution in [-0.2, 0) is 0 Å². The number of thiocarbonyl (C=S) groups is 2. The SMILES string of the molecule is CCCCN1CCN(C(=S)SSC(=S)N2CCN(CCCC)CC2)CC1. The molecule has 0 aromatic heterocycles. The second kappa shape index (κ2) is 12.8. The van der Waals surface area contributed by atoms with Crippen molar-refractivity contribution in [1.82, 2.24) is 19.6 Å². The monoisotopic (exact) mass is 434 g/mol. The van der Waals surface area contributed by atoms with E-state index < -0.39 is 0 Å². The fraction of sp³-hybridized carbons (Fsp3) is 0.889. The van der Waals surface area contributed by atoms with Crippen LogP contribution in [0.4, 0.5) is 0 Å². The van der Waals surface area contributed by atoms with Gasteiger partial charge in [-0.3, -0.25) is 9.80 Å². The van der Waals surface area contributed by atoms with E-state index in [0.717, 1.165) is 61.0 Å². The molecule has 2 fully saturated rings. The van der Waals surface area contributed by atoms with E-state index >= 15 is 0 Å². The summed E-state index contributed by atoms with van der Waals surface area (Å²) in [4.78, 5) is 9.81. The van der Waals surface area contributed by atoms with Gasteiger partial charge in [-0.15, -0.1) is 0 Å². The molecule has 0 spiro atoms. The number of hydrogen-bond donors (Lipinski definition) is 0. The van der Waals surface area contributed by atoms with Gasteiger partial charge in [0.25, 0.3) is 0 Å². The summed E-state index contributed by atoms with van der Waals surface area (Å²) in [5.41, 5.74) is 0. The van der Waals surface area contributed by atoms with Crippen molar-refractivity contribution in [3.63, 3.8) is 0 Å². The lowest BCUT2D eigenvalue weighted by molar-refractivity contribution is 0.183. The highest BCUT2D eigenvalue weighted by atomic mass is 33.1. The van der Waals surface area contributed by atoms with Gasteiger partial charge in [0.1, 0.15) is 8.64 Å². The van der Waals surface area contributed by atoms with Gasteiger partial charge >= 0.3 is 0 Å². The van der Waals surface area contributed by atoms with Crippen molar-refractivity contribution in [2.75, 3.05) is 65.4 Å². The summed E-state index contributed by atoms with van der Waals surface area (Å²) in [7, 11) is 3.36. The quantitative estimate of drug-likeness (QED) is 0.457. The Morgan fingerprint density at radius 1 is 0.654 bits per heavy atom. The van der Waals surface area contributed by atoms with Crippen molar-refractivity contribution in [3.8, 4) is 0 Å². The van der Waals surface area contributed by atoms with Gasteiger partial charge in [0.15, 0.2) is 0 Å². The molecule has 4 nitrogen and oxygen atoms in total. The number of hydrogen-bond acceptors (Lipinski definition) is 6. The van der Waals surface area contributed by atoms with Gasteiger partial charge in [-0.1, -0.05) is 51.1 Å². The molecule has 0 aromatic carbocycles. The molecule has 0 amide bonds. The Kier molecular flexibility index (Phi) is 11.2. The van der Waals surface area contributed by atoms with Crippen molar-refractivity contribution in [3.05, 3.63) is 0 Å². The zero-order chi connectivity index (χ0) is 18.8. The van der Waals surface area contributed by atoms with Crippen molar-refractivity contribution in [2.24, 2.45) is 0 Å². The molecule has 0 aliphatic carbocycles. The maximum absolute atomic E-state index is 5.65. The molecule has 26 heavy (non-hydrogen) atoms. The lowest BCUT2D eigenvalue weighted by Gasteiger charge is -2.37. The third kappa shape index (κ3) is 7.80. The highest BCUT2D eigenvalue weighted by Crippen LogP contribution is 2.29. The van der Waals surface area contributed by atoms with Crippen molar-refractivity contribution in [1.29, 1.82) is 0 Å². The van der Waals surface area contributed by atoms with Crippen LogP contribution in [0.2, 0.25) is 0 Å². The first-order valence-electron chi connectivity index (χ1n) is 10.0. The predicted octanol–water partition coefficient (Wildman–Crippen LogP) is 3.77. The van der Waals surface area contributed by atoms with Crippen molar-refractivity contribution in [2.45, 2.75) is 39.5 Å². The van der Waals surface area contributed by atoms with Crippen LogP contribution in [-0.4, -0.2) is 93.7 Å². The van der Waals surface area contributed by atoms with E-state index in [1.165, 1.54) is 38.8 Å². The molecular formula is C18H34N4S4. The van der Waals surface area contributed by atoms with E-state index in [-0.39, 0.29) is 0 Å². The minimum absolute atomic E-state index is 0.995. The van der Waals surface area contributed by atoms with Crippen LogP contribution in [0.25, 0.3) is 0 Å². The van der Waals surface area contributed by atoms with E-state index in [1.807, 2.05) is 0 Å². The summed E-state index contributed by atoms with van der Waals surface area (Å²) < 4.78 is 1.99. The van der Waals surface area contributed by atoms with Crippen LogP contribution < -0.4 is 0 Å². The standard InChI is InChI=1S/C18H34N4S4/c1-3-5-7-19-9-13-21(14-10-19)17(23)25-26-18(24)22-15-11-20(12-16-22)8-6-4-2/h3-16H2,1-2H3. The van der Waals surface area contributed by atoms with E-state index in [9.17, 15) is 0 Å². The van der Waals surface area contributed by atoms with Crippen molar-refractivity contribution >= 4 is 54.7 Å². The molecule has 0 unspecified atom stereocenters. The largest absolute Gasteiger partial charge is 0.354 e. The molecular weight excluding hydrogens is 400 g/mol. The Morgan fingerprint density at radius 3 is 1.31 bits per heavy atom. The van der Waals surface area contributed by atoms with Gasteiger partial charge in [0, 0.05) is 52.4 Å². The van der Waals surface area contributed by atoms with E-state index in [1.54, 1.807) is 21.6 Å². The average molecular weight is 435 g/mol. The van der Waals surface area contributed by atoms with Crippen LogP contribution in [0.15, 0.2) is 0 Å². The van der Waals surface area contributed by atoms with Crippen LogP contribution >= 0.6 is 46.0 Å². The number of nitrogens with zero attached hydrogens (tertiary/aromatic N) is 4. The van der Waals surface area contributed by atoms with E-state index in [0.29, 0.717) is 0 Å². The van der Waals surface area contributed by atoms with Crippen LogP contribution in [0.5, 0.6) is 0 Å². The Bertz CT molecular complexity index is 393. The normalized spacial score (nSPS) is 19.8. The molecule has 0 aromatic rings. The molecule has 0 radical (unpaired) electrons. The summed E-state index contributed by atoms with van der Waals surface area (Å²) in [5, 5.41) is 0. The van der Waals surface area contributed by atoms with E-state index in [4.69, 9.17) is 24.4 Å². The molecule has 8 heteroatoms. The molecule has 0 bridgehead atoms. The first kappa shape index (κ1) is 22.7.